The summed E-state index contributed by atoms with van der Waals surface area (Å²) in [4.78, 5) is 85.2. The summed E-state index contributed by atoms with van der Waals surface area (Å²) in [5.74, 6) is 0. The molecule has 0 aliphatic heterocycles. The Balaban J connectivity index is -0.0000000161. The largest absolute Gasteiger partial charge is 2.00 e. The van der Waals surface area contributed by atoms with Crippen molar-refractivity contribution in [1.29, 1.82) is 0 Å². The predicted octanol–water partition coefficient (Wildman–Crippen LogP) is -15.9. The van der Waals surface area contributed by atoms with Crippen molar-refractivity contribution in [3.05, 3.63) is 0 Å². The third kappa shape index (κ3) is 34300. The minimum Gasteiger partial charge on any atom is -0.672 e. The van der Waals surface area contributed by atoms with Crippen LogP contribution in [0.3, 0.4) is 0 Å². The molecular weight excluding hydrogens is 452 g/mol. The molecule has 0 bridgehead atoms. The predicted molar refractivity (Wildman–Crippen MR) is 55.2 cm³/mol. The van der Waals surface area contributed by atoms with E-state index in [9.17, 15) is 0 Å². The van der Waals surface area contributed by atoms with Crippen molar-refractivity contribution in [3.63, 3.8) is 0 Å². The molecule has 0 saturated heterocycles. The van der Waals surface area contributed by atoms with Gasteiger partial charge in [-0.1, -0.05) is 0 Å². The minimum absolute atomic E-state index is 0. The van der Waals surface area contributed by atoms with Gasteiger partial charge in [0.15, 0.2) is 0 Å². The van der Waals surface area contributed by atoms with Crippen LogP contribution in [0.1, 0.15) is 0 Å². The fourth-order valence-corrected chi connectivity index (χ4v) is 0. The number of hydrogen-bond donors (Lipinski definition) is 0. The van der Waals surface area contributed by atoms with Gasteiger partial charge in [-0.3, -0.25) is 0 Å². The molecule has 6 radical (unpaired) electrons. The summed E-state index contributed by atoms with van der Waals surface area (Å²) in [6, 6.07) is 0. The van der Waals surface area contributed by atoms with E-state index in [2.05, 4.69) is 0 Å². The van der Waals surface area contributed by atoms with E-state index in [1.165, 1.54) is 0 Å². The first kappa shape index (κ1) is 56.6. The van der Waals surface area contributed by atoms with Crippen molar-refractivity contribution in [2.45, 2.75) is 0 Å². The molecule has 24 heteroatoms. The second-order valence-corrected chi connectivity index (χ2v) is 3.75. The van der Waals surface area contributed by atoms with Crippen molar-refractivity contribution in [3.8, 4) is 0 Å². The standard InChI is InChI=1S/2Al.2Be.5O3Si/c;;;;5*1-4(2)3/q;;2*+2;5*-2. The normalized spacial score (nSPS) is 5.00. The quantitative estimate of drug-likeness (QED) is 0.308. The first-order chi connectivity index (χ1) is 8.66. The Hall–Kier alpha value is -0.513. The van der Waals surface area contributed by atoms with E-state index in [-0.39, 0.29) is 55.0 Å². The van der Waals surface area contributed by atoms with Crippen LogP contribution in [0.2, 0.25) is 0 Å². The molecule has 15 nitrogen and oxygen atoms in total. The smallest absolute Gasteiger partial charge is 0.672 e. The van der Waals surface area contributed by atoms with Crippen molar-refractivity contribution in [2.24, 2.45) is 0 Å². The van der Waals surface area contributed by atoms with Gasteiger partial charge in [0, 0.05) is 80.6 Å². The van der Waals surface area contributed by atoms with E-state index < -0.39 is 45.9 Å². The van der Waals surface area contributed by atoms with E-state index in [0.717, 1.165) is 0 Å². The summed E-state index contributed by atoms with van der Waals surface area (Å²) < 4.78 is 42.6. The maximum atomic E-state index is 8.52. The maximum absolute atomic E-state index is 8.52. The average molecular weight is 452 g/mol. The molecule has 0 N–H and O–H groups in total. The van der Waals surface area contributed by atoms with Gasteiger partial charge in [-0.2, -0.15) is 0 Å². The molecule has 0 spiro atoms. The summed E-state index contributed by atoms with van der Waals surface area (Å²) >= 11 is 0. The zero-order chi connectivity index (χ0) is 17.9. The SMILES string of the molecule is O=[Si]([O-])[O-].O=[Si]([O-])[O-].O=[Si]([O-])[O-].O=[Si]([O-])[O-].O=[Si]([O-])[O-].[Al].[Al].[Be+2].[Be+2]. The molecule has 0 unspecified atom stereocenters. The second-order valence-electron chi connectivity index (χ2n) is 1.25. The first-order valence-electron chi connectivity index (χ1n) is 3.06. The summed E-state index contributed by atoms with van der Waals surface area (Å²) in [5, 5.41) is 0. The van der Waals surface area contributed by atoms with Crippen molar-refractivity contribution in [1.82, 2.24) is 0 Å². The van der Waals surface area contributed by atoms with Gasteiger partial charge < -0.3 is 70.3 Å². The molecule has 0 heterocycles. The molecule has 24 heavy (non-hydrogen) atoms. The first-order valence-corrected chi connectivity index (χ1v) is 9.19. The molecular formula is Al2Be2O15Si5-6. The van der Waals surface area contributed by atoms with Gasteiger partial charge >= 0.3 is 20.2 Å². The van der Waals surface area contributed by atoms with Crippen LogP contribution in [0.15, 0.2) is 0 Å². The monoisotopic (exact) mass is 452 g/mol. The van der Waals surface area contributed by atoms with Gasteiger partial charge in [-0.15, -0.1) is 0 Å². The molecule has 0 fully saturated rings. The van der Waals surface area contributed by atoms with Gasteiger partial charge in [0.1, 0.15) is 0 Å². The van der Waals surface area contributed by atoms with E-state index in [1.807, 2.05) is 0 Å². The maximum Gasteiger partial charge on any atom is 2.00 e. The summed E-state index contributed by atoms with van der Waals surface area (Å²) in [6.07, 6.45) is 0. The molecule has 0 amide bonds. The third-order valence-electron chi connectivity index (χ3n) is 0. The molecule has 126 valence electrons. The van der Waals surface area contributed by atoms with Crippen LogP contribution in [0.4, 0.5) is 0 Å². The van der Waals surface area contributed by atoms with Crippen LogP contribution in [0.5, 0.6) is 0 Å². The van der Waals surface area contributed by atoms with E-state index in [0.29, 0.717) is 0 Å². The zero-order valence-electron chi connectivity index (χ0n) is 11.2. The van der Waals surface area contributed by atoms with Crippen LogP contribution in [-0.4, -0.2) is 101 Å². The minimum atomic E-state index is -3.63. The molecule has 0 aliphatic carbocycles. The van der Waals surface area contributed by atoms with Gasteiger partial charge in [0.05, 0.1) is 0 Å². The van der Waals surface area contributed by atoms with Crippen LogP contribution < -0.4 is 48.0 Å². The molecule has 0 aromatic rings. The Morgan fingerprint density at radius 3 is 0.333 bits per heavy atom. The van der Waals surface area contributed by atoms with Crippen molar-refractivity contribution in [2.75, 3.05) is 0 Å². The van der Waals surface area contributed by atoms with Crippen LogP contribution in [-0.2, 0) is 22.3 Å². The van der Waals surface area contributed by atoms with Crippen LogP contribution in [0, 0.1) is 0 Å². The second kappa shape index (κ2) is 49.5. The Kier molecular flexibility index (Phi) is 117. The fourth-order valence-electron chi connectivity index (χ4n) is 0. The fraction of sp³-hybridized carbons (Fsp3) is 0. The molecule has 0 aliphatic rings. The topological polar surface area (TPSA) is 316 Å². The molecule has 0 aromatic heterocycles. The van der Waals surface area contributed by atoms with Crippen LogP contribution in [0.25, 0.3) is 0 Å². The Bertz CT molecular complexity index is 221. The Morgan fingerprint density at radius 1 is 0.333 bits per heavy atom. The summed E-state index contributed by atoms with van der Waals surface area (Å²) in [5.41, 5.74) is 0. The van der Waals surface area contributed by atoms with Gasteiger partial charge in [-0.25, -0.2) is 0 Å². The molecule has 0 aromatic carbocycles. The molecule has 0 atom stereocenters. The van der Waals surface area contributed by atoms with Crippen LogP contribution >= 0.6 is 0 Å². The van der Waals surface area contributed by atoms with Crippen molar-refractivity contribution < 1.29 is 70.3 Å². The van der Waals surface area contributed by atoms with Gasteiger partial charge in [-0.05, 0) is 0 Å². The van der Waals surface area contributed by atoms with E-state index >= 15 is 0 Å². The average Bonchev–Trinajstić information content (AvgIpc) is 1.94. The summed E-state index contributed by atoms with van der Waals surface area (Å²) in [6.45, 7) is 0. The third-order valence-corrected chi connectivity index (χ3v) is 0. The number of rotatable bonds is 0. The van der Waals surface area contributed by atoms with E-state index in [4.69, 9.17) is 70.3 Å². The van der Waals surface area contributed by atoms with E-state index in [1.54, 1.807) is 0 Å². The Morgan fingerprint density at radius 2 is 0.333 bits per heavy atom. The zero-order valence-corrected chi connectivity index (χ0v) is 18.5. The number of hydrogen-bond acceptors (Lipinski definition) is 15. The van der Waals surface area contributed by atoms with Gasteiger partial charge in [0.25, 0.3) is 0 Å². The van der Waals surface area contributed by atoms with Gasteiger partial charge in [0.2, 0.25) is 0 Å². The summed E-state index contributed by atoms with van der Waals surface area (Å²) in [7, 11) is -18.1. The Labute approximate surface area is 170 Å². The molecule has 0 rings (SSSR count). The van der Waals surface area contributed by atoms with Crippen molar-refractivity contribution >= 4 is 101 Å². The molecule has 0 saturated carbocycles.